The third-order valence-electron chi connectivity index (χ3n) is 5.28. The largest absolute Gasteiger partial charge is 0.493 e. The Kier molecular flexibility index (Phi) is 5.28. The van der Waals surface area contributed by atoms with Gasteiger partial charge in [-0.2, -0.15) is 0 Å². The van der Waals surface area contributed by atoms with Crippen molar-refractivity contribution in [3.05, 3.63) is 46.5 Å². The van der Waals surface area contributed by atoms with Crippen LogP contribution in [0.2, 0.25) is 0 Å². The lowest BCUT2D eigenvalue weighted by Crippen LogP contribution is -2.27. The summed E-state index contributed by atoms with van der Waals surface area (Å²) >= 11 is 0. The second-order valence-corrected chi connectivity index (χ2v) is 6.98. The highest BCUT2D eigenvalue weighted by Crippen LogP contribution is 2.40. The predicted octanol–water partition coefficient (Wildman–Crippen LogP) is 2.48. The van der Waals surface area contributed by atoms with Crippen molar-refractivity contribution in [2.75, 3.05) is 34.0 Å². The minimum atomic E-state index is -0.00141. The molecule has 2 aromatic carbocycles. The van der Waals surface area contributed by atoms with Gasteiger partial charge >= 0.3 is 0 Å². The zero-order chi connectivity index (χ0) is 19.5. The third-order valence-corrected chi connectivity index (χ3v) is 5.28. The number of hydrogen-bond donors (Lipinski definition) is 1. The Labute approximate surface area is 164 Å². The normalized spacial score (nSPS) is 13.9. The summed E-state index contributed by atoms with van der Waals surface area (Å²) in [6.45, 7) is 1.90. The summed E-state index contributed by atoms with van der Waals surface area (Å²) in [7, 11) is 3.23. The van der Waals surface area contributed by atoms with Crippen LogP contribution in [0.25, 0.3) is 0 Å². The molecule has 0 unspecified atom stereocenters. The Morgan fingerprint density at radius 3 is 2.71 bits per heavy atom. The van der Waals surface area contributed by atoms with E-state index in [0.717, 1.165) is 53.0 Å². The first-order chi connectivity index (χ1) is 13.7. The smallest absolute Gasteiger partial charge is 0.224 e. The molecular weight excluding hydrogens is 358 g/mol. The van der Waals surface area contributed by atoms with Crippen molar-refractivity contribution >= 4 is 5.91 Å². The van der Waals surface area contributed by atoms with Crippen LogP contribution < -0.4 is 24.3 Å². The molecule has 0 aliphatic carbocycles. The van der Waals surface area contributed by atoms with E-state index in [1.165, 1.54) is 0 Å². The van der Waals surface area contributed by atoms with Crippen molar-refractivity contribution in [2.24, 2.45) is 0 Å². The summed E-state index contributed by atoms with van der Waals surface area (Å²) in [5.74, 6) is 3.19. The van der Waals surface area contributed by atoms with Crippen LogP contribution in [-0.4, -0.2) is 39.9 Å². The molecular formula is C22H25NO5. The highest BCUT2D eigenvalue weighted by Gasteiger charge is 2.27. The molecule has 0 saturated heterocycles. The van der Waals surface area contributed by atoms with E-state index in [2.05, 4.69) is 11.4 Å². The first-order valence-electron chi connectivity index (χ1n) is 9.60. The number of nitrogens with one attached hydrogen (secondary N) is 1. The van der Waals surface area contributed by atoms with Gasteiger partial charge < -0.3 is 24.3 Å². The molecule has 0 radical (unpaired) electrons. The van der Waals surface area contributed by atoms with Crippen molar-refractivity contribution in [3.8, 4) is 23.0 Å². The number of benzene rings is 2. The van der Waals surface area contributed by atoms with Crippen LogP contribution in [0.5, 0.6) is 23.0 Å². The van der Waals surface area contributed by atoms with E-state index in [-0.39, 0.29) is 5.91 Å². The number of carbonyl (C=O) groups excluding carboxylic acids is 1. The third kappa shape index (κ3) is 3.59. The molecule has 2 aliphatic heterocycles. The van der Waals surface area contributed by atoms with E-state index >= 15 is 0 Å². The van der Waals surface area contributed by atoms with E-state index in [1.807, 2.05) is 18.2 Å². The summed E-state index contributed by atoms with van der Waals surface area (Å²) in [6.07, 6.45) is 2.75. The van der Waals surface area contributed by atoms with Crippen molar-refractivity contribution in [3.63, 3.8) is 0 Å². The molecule has 0 saturated carbocycles. The Morgan fingerprint density at radius 1 is 1.07 bits per heavy atom. The molecule has 148 valence electrons. The van der Waals surface area contributed by atoms with Gasteiger partial charge in [0.2, 0.25) is 5.91 Å². The summed E-state index contributed by atoms with van der Waals surface area (Å²) in [4.78, 5) is 12.6. The van der Waals surface area contributed by atoms with Crippen molar-refractivity contribution in [1.82, 2.24) is 5.32 Å². The van der Waals surface area contributed by atoms with Gasteiger partial charge in [-0.25, -0.2) is 0 Å². The fourth-order valence-electron chi connectivity index (χ4n) is 3.88. The van der Waals surface area contributed by atoms with Crippen molar-refractivity contribution < 1.29 is 23.7 Å². The van der Waals surface area contributed by atoms with Gasteiger partial charge in [0.15, 0.2) is 11.5 Å². The van der Waals surface area contributed by atoms with E-state index in [1.54, 1.807) is 14.2 Å². The number of fused-ring (bicyclic) bond motifs is 2. The molecule has 0 spiro atoms. The number of hydrogen-bond acceptors (Lipinski definition) is 5. The highest BCUT2D eigenvalue weighted by atomic mass is 16.5. The number of amides is 1. The zero-order valence-electron chi connectivity index (χ0n) is 16.3. The SMILES string of the molecule is COc1ccc(CCNC(=O)Cc2c3c(cc4c2OCC4)OCC3)cc1OC. The van der Waals surface area contributed by atoms with Gasteiger partial charge in [-0.15, -0.1) is 0 Å². The molecule has 1 amide bonds. The fourth-order valence-corrected chi connectivity index (χ4v) is 3.88. The molecule has 1 N–H and O–H groups in total. The van der Waals surface area contributed by atoms with Crippen LogP contribution in [0.4, 0.5) is 0 Å². The van der Waals surface area contributed by atoms with Crippen molar-refractivity contribution in [1.29, 1.82) is 0 Å². The first kappa shape index (κ1) is 18.5. The van der Waals surface area contributed by atoms with Gasteiger partial charge in [0.25, 0.3) is 0 Å². The summed E-state index contributed by atoms with van der Waals surface area (Å²) < 4.78 is 22.1. The monoisotopic (exact) mass is 383 g/mol. The van der Waals surface area contributed by atoms with Crippen LogP contribution >= 0.6 is 0 Å². The zero-order valence-corrected chi connectivity index (χ0v) is 16.3. The highest BCUT2D eigenvalue weighted by molar-refractivity contribution is 5.80. The molecule has 0 fully saturated rings. The van der Waals surface area contributed by atoms with Crippen LogP contribution in [0, 0.1) is 0 Å². The van der Waals surface area contributed by atoms with Crippen LogP contribution in [0.15, 0.2) is 24.3 Å². The number of rotatable bonds is 7. The number of ether oxygens (including phenoxy) is 4. The van der Waals surface area contributed by atoms with E-state index in [9.17, 15) is 4.79 Å². The van der Waals surface area contributed by atoms with Gasteiger partial charge in [0.05, 0.1) is 33.9 Å². The Morgan fingerprint density at radius 2 is 1.89 bits per heavy atom. The lowest BCUT2D eigenvalue weighted by molar-refractivity contribution is -0.120. The molecule has 28 heavy (non-hydrogen) atoms. The molecule has 2 heterocycles. The quantitative estimate of drug-likeness (QED) is 0.796. The Bertz CT molecular complexity index is 861. The number of methoxy groups -OCH3 is 2. The minimum Gasteiger partial charge on any atom is -0.493 e. The molecule has 0 atom stereocenters. The average Bonchev–Trinajstić information content (AvgIpc) is 3.36. The standard InChI is InChI=1S/C22H25NO5/c1-25-18-4-3-14(11-20(18)26-2)5-8-23-21(24)13-17-16-7-10-27-19(16)12-15-6-9-28-22(15)17/h3-4,11-12H,5-10,13H2,1-2H3,(H,23,24). The second-order valence-electron chi connectivity index (χ2n) is 6.98. The molecule has 2 aromatic rings. The summed E-state index contributed by atoms with van der Waals surface area (Å²) in [5.41, 5.74) is 4.34. The van der Waals surface area contributed by atoms with Gasteiger partial charge in [-0.3, -0.25) is 4.79 Å². The molecule has 6 heteroatoms. The fraction of sp³-hybridized carbons (Fsp3) is 0.409. The first-order valence-corrected chi connectivity index (χ1v) is 9.60. The lowest BCUT2D eigenvalue weighted by Gasteiger charge is -2.13. The molecule has 4 rings (SSSR count). The summed E-state index contributed by atoms with van der Waals surface area (Å²) in [6, 6.07) is 7.87. The number of carbonyl (C=O) groups is 1. The van der Waals surface area contributed by atoms with E-state index in [0.29, 0.717) is 37.7 Å². The lowest BCUT2D eigenvalue weighted by atomic mass is 9.97. The van der Waals surface area contributed by atoms with E-state index < -0.39 is 0 Å². The average molecular weight is 383 g/mol. The maximum Gasteiger partial charge on any atom is 0.224 e. The molecule has 0 aromatic heterocycles. The summed E-state index contributed by atoms with van der Waals surface area (Å²) in [5, 5.41) is 3.02. The van der Waals surface area contributed by atoms with Crippen LogP contribution in [0.1, 0.15) is 22.3 Å². The maximum atomic E-state index is 12.6. The molecule has 6 nitrogen and oxygen atoms in total. The predicted molar refractivity (Wildman–Crippen MR) is 105 cm³/mol. The van der Waals surface area contributed by atoms with Gasteiger partial charge in [-0.05, 0) is 30.2 Å². The topological polar surface area (TPSA) is 66.0 Å². The molecule has 2 aliphatic rings. The van der Waals surface area contributed by atoms with Gasteiger partial charge in [0, 0.05) is 36.1 Å². The Balaban J connectivity index is 1.39. The van der Waals surface area contributed by atoms with Crippen molar-refractivity contribution in [2.45, 2.75) is 25.7 Å². The second kappa shape index (κ2) is 8.00. The van der Waals surface area contributed by atoms with E-state index in [4.69, 9.17) is 18.9 Å². The maximum absolute atomic E-state index is 12.6. The minimum absolute atomic E-state index is 0.00141. The Hall–Kier alpha value is -2.89. The van der Waals surface area contributed by atoms with Crippen LogP contribution in [-0.2, 0) is 30.5 Å². The van der Waals surface area contributed by atoms with Gasteiger partial charge in [0.1, 0.15) is 11.5 Å². The van der Waals surface area contributed by atoms with Gasteiger partial charge in [-0.1, -0.05) is 6.07 Å². The van der Waals surface area contributed by atoms with Crippen LogP contribution in [0.3, 0.4) is 0 Å². The molecule has 0 bridgehead atoms.